The van der Waals surface area contributed by atoms with Crippen molar-refractivity contribution in [2.24, 2.45) is 0 Å². The number of aryl methyl sites for hydroxylation is 1. The average Bonchev–Trinajstić information content (AvgIpc) is 3.06. The first-order chi connectivity index (χ1) is 11.7. The Morgan fingerprint density at radius 1 is 1.04 bits per heavy atom. The number of rotatable bonds is 11. The van der Waals surface area contributed by atoms with Crippen molar-refractivity contribution in [1.82, 2.24) is 5.32 Å². The van der Waals surface area contributed by atoms with Crippen molar-refractivity contribution in [2.45, 2.75) is 90.0 Å². The number of benzene rings is 1. The Morgan fingerprint density at radius 2 is 1.75 bits per heavy atom. The zero-order valence-electron chi connectivity index (χ0n) is 15.9. The summed E-state index contributed by atoms with van der Waals surface area (Å²) in [7, 11) is 0. The van der Waals surface area contributed by atoms with Crippen LogP contribution in [0.5, 0.6) is 0 Å². The van der Waals surface area contributed by atoms with E-state index in [2.05, 4.69) is 50.0 Å². The second-order valence-electron chi connectivity index (χ2n) is 7.80. The highest BCUT2D eigenvalue weighted by atomic mass is 14.9. The molecular formula is C23H37N. The van der Waals surface area contributed by atoms with Crippen LogP contribution in [0.1, 0.15) is 88.7 Å². The number of unbranched alkanes of at least 4 members (excludes halogenated alkanes) is 5. The van der Waals surface area contributed by atoms with Crippen LogP contribution < -0.4 is 5.32 Å². The van der Waals surface area contributed by atoms with Gasteiger partial charge in [-0.2, -0.15) is 0 Å². The van der Waals surface area contributed by atoms with Gasteiger partial charge in [0.2, 0.25) is 0 Å². The highest BCUT2D eigenvalue weighted by Gasteiger charge is 2.25. The highest BCUT2D eigenvalue weighted by molar-refractivity contribution is 5.26. The van der Waals surface area contributed by atoms with Crippen molar-refractivity contribution in [3.05, 3.63) is 47.5 Å². The van der Waals surface area contributed by atoms with Crippen LogP contribution in [0.3, 0.4) is 0 Å². The minimum absolute atomic E-state index is 0.675. The molecule has 134 valence electrons. The van der Waals surface area contributed by atoms with E-state index in [1.54, 1.807) is 5.56 Å². The highest BCUT2D eigenvalue weighted by Crippen LogP contribution is 2.34. The third-order valence-electron chi connectivity index (χ3n) is 5.40. The maximum absolute atomic E-state index is 3.99. The second-order valence-corrected chi connectivity index (χ2v) is 7.80. The Morgan fingerprint density at radius 3 is 2.46 bits per heavy atom. The molecule has 1 aliphatic carbocycles. The monoisotopic (exact) mass is 327 g/mol. The van der Waals surface area contributed by atoms with Crippen LogP contribution in [0.25, 0.3) is 0 Å². The van der Waals surface area contributed by atoms with Crippen LogP contribution in [-0.4, -0.2) is 12.6 Å². The normalized spacial score (nSPS) is 20.4. The van der Waals surface area contributed by atoms with E-state index in [0.717, 1.165) is 12.5 Å². The Bertz CT molecular complexity index is 473. The van der Waals surface area contributed by atoms with E-state index in [4.69, 9.17) is 0 Å². The first kappa shape index (κ1) is 19.2. The molecular weight excluding hydrogens is 290 g/mol. The molecule has 1 heteroatoms. The predicted octanol–water partition coefficient (Wildman–Crippen LogP) is 6.39. The first-order valence-corrected chi connectivity index (χ1v) is 10.2. The first-order valence-electron chi connectivity index (χ1n) is 10.2. The van der Waals surface area contributed by atoms with Crippen molar-refractivity contribution in [3.8, 4) is 0 Å². The van der Waals surface area contributed by atoms with Gasteiger partial charge in [-0.05, 0) is 56.1 Å². The van der Waals surface area contributed by atoms with Crippen LogP contribution >= 0.6 is 0 Å². The standard InChI is InChI=1S/C23H37N/c1-4-5-6-7-8-9-10-20-11-13-21(14-12-20)22-15-16-23(17-22)24-18-19(2)3/h11-14,22-24H,2,4-10,15-18H2,1,3H3. The molecule has 0 aliphatic heterocycles. The number of nitrogens with one attached hydrogen (secondary N) is 1. The van der Waals surface area contributed by atoms with Gasteiger partial charge in [0.05, 0.1) is 0 Å². The summed E-state index contributed by atoms with van der Waals surface area (Å²) in [5.74, 6) is 0.746. The van der Waals surface area contributed by atoms with Crippen molar-refractivity contribution in [2.75, 3.05) is 6.54 Å². The SMILES string of the molecule is C=C(C)CNC1CCC(c2ccc(CCCCCCCC)cc2)C1. The molecule has 1 saturated carbocycles. The number of hydrogen-bond acceptors (Lipinski definition) is 1. The van der Waals surface area contributed by atoms with Crippen LogP contribution in [-0.2, 0) is 6.42 Å². The van der Waals surface area contributed by atoms with Crippen LogP contribution in [0.4, 0.5) is 0 Å². The maximum Gasteiger partial charge on any atom is 0.0161 e. The fourth-order valence-electron chi connectivity index (χ4n) is 3.85. The van der Waals surface area contributed by atoms with Gasteiger partial charge in [0.25, 0.3) is 0 Å². The van der Waals surface area contributed by atoms with Gasteiger partial charge in [-0.25, -0.2) is 0 Å². The van der Waals surface area contributed by atoms with Crippen molar-refractivity contribution in [1.29, 1.82) is 0 Å². The lowest BCUT2D eigenvalue weighted by molar-refractivity contribution is 0.541. The lowest BCUT2D eigenvalue weighted by Crippen LogP contribution is -2.27. The smallest absolute Gasteiger partial charge is 0.0161 e. The van der Waals surface area contributed by atoms with Crippen LogP contribution in [0, 0.1) is 0 Å². The number of hydrogen-bond donors (Lipinski definition) is 1. The summed E-state index contributed by atoms with van der Waals surface area (Å²) in [6.45, 7) is 9.33. The Kier molecular flexibility index (Phi) is 8.59. The van der Waals surface area contributed by atoms with Gasteiger partial charge in [-0.1, -0.05) is 75.4 Å². The molecule has 1 fully saturated rings. The molecule has 0 bridgehead atoms. The maximum atomic E-state index is 3.99. The van der Waals surface area contributed by atoms with E-state index in [0.29, 0.717) is 6.04 Å². The van der Waals surface area contributed by atoms with Gasteiger partial charge in [-0.3, -0.25) is 0 Å². The second kappa shape index (κ2) is 10.7. The van der Waals surface area contributed by atoms with Gasteiger partial charge in [0, 0.05) is 12.6 Å². The minimum Gasteiger partial charge on any atom is -0.310 e. The van der Waals surface area contributed by atoms with Crippen molar-refractivity contribution in [3.63, 3.8) is 0 Å². The van der Waals surface area contributed by atoms with Crippen LogP contribution in [0.15, 0.2) is 36.4 Å². The third-order valence-corrected chi connectivity index (χ3v) is 5.40. The van der Waals surface area contributed by atoms with Crippen molar-refractivity contribution >= 4 is 0 Å². The summed E-state index contributed by atoms with van der Waals surface area (Å²) in [4.78, 5) is 0. The third kappa shape index (κ3) is 6.81. The zero-order valence-corrected chi connectivity index (χ0v) is 15.9. The van der Waals surface area contributed by atoms with E-state index < -0.39 is 0 Å². The molecule has 0 saturated heterocycles. The molecule has 0 spiro atoms. The summed E-state index contributed by atoms with van der Waals surface area (Å²) >= 11 is 0. The fraction of sp³-hybridized carbons (Fsp3) is 0.652. The summed E-state index contributed by atoms with van der Waals surface area (Å²) in [5.41, 5.74) is 4.29. The summed E-state index contributed by atoms with van der Waals surface area (Å²) in [5, 5.41) is 3.64. The Labute approximate surface area is 149 Å². The molecule has 1 aliphatic rings. The van der Waals surface area contributed by atoms with E-state index in [9.17, 15) is 0 Å². The van der Waals surface area contributed by atoms with Crippen molar-refractivity contribution < 1.29 is 0 Å². The van der Waals surface area contributed by atoms with Crippen LogP contribution in [0.2, 0.25) is 0 Å². The molecule has 0 aromatic heterocycles. The summed E-state index contributed by atoms with van der Waals surface area (Å²) in [6, 6.07) is 10.2. The van der Waals surface area contributed by atoms with E-state index in [1.807, 2.05) is 0 Å². The zero-order chi connectivity index (χ0) is 17.2. The lowest BCUT2D eigenvalue weighted by atomic mass is 9.95. The molecule has 2 unspecified atom stereocenters. The quantitative estimate of drug-likeness (QED) is 0.367. The molecule has 1 N–H and O–H groups in total. The molecule has 1 aromatic rings. The molecule has 2 atom stereocenters. The molecule has 1 aromatic carbocycles. The molecule has 0 heterocycles. The molecule has 0 amide bonds. The lowest BCUT2D eigenvalue weighted by Gasteiger charge is -2.14. The van der Waals surface area contributed by atoms with Gasteiger partial charge >= 0.3 is 0 Å². The molecule has 1 nitrogen and oxygen atoms in total. The Hall–Kier alpha value is -1.08. The van der Waals surface area contributed by atoms with E-state index >= 15 is 0 Å². The van der Waals surface area contributed by atoms with Gasteiger partial charge in [0.15, 0.2) is 0 Å². The largest absolute Gasteiger partial charge is 0.310 e. The summed E-state index contributed by atoms with van der Waals surface area (Å²) < 4.78 is 0. The van der Waals surface area contributed by atoms with E-state index in [1.165, 1.54) is 75.3 Å². The van der Waals surface area contributed by atoms with Gasteiger partial charge in [0.1, 0.15) is 0 Å². The molecule has 24 heavy (non-hydrogen) atoms. The fourth-order valence-corrected chi connectivity index (χ4v) is 3.85. The molecule has 0 radical (unpaired) electrons. The average molecular weight is 328 g/mol. The summed E-state index contributed by atoms with van der Waals surface area (Å²) in [6.07, 6.45) is 13.5. The topological polar surface area (TPSA) is 12.0 Å². The van der Waals surface area contributed by atoms with Gasteiger partial charge < -0.3 is 5.32 Å². The van der Waals surface area contributed by atoms with E-state index in [-0.39, 0.29) is 0 Å². The predicted molar refractivity (Wildman–Crippen MR) is 107 cm³/mol. The van der Waals surface area contributed by atoms with Gasteiger partial charge in [-0.15, -0.1) is 0 Å². The Balaban J connectivity index is 1.69. The molecule has 2 rings (SSSR count). The minimum atomic E-state index is 0.675.